The first-order valence-electron chi connectivity index (χ1n) is 19.2. The lowest BCUT2D eigenvalue weighted by Gasteiger charge is -2.30. The van der Waals surface area contributed by atoms with Crippen LogP contribution in [0.25, 0.3) is 77.2 Å². The minimum absolute atomic E-state index is 1.28. The molecule has 3 aliphatic rings. The van der Waals surface area contributed by atoms with E-state index in [0.29, 0.717) is 0 Å². The summed E-state index contributed by atoms with van der Waals surface area (Å²) < 4.78 is 0. The molecule has 0 unspecified atom stereocenters. The van der Waals surface area contributed by atoms with E-state index in [1.165, 1.54) is 60.5 Å². The van der Waals surface area contributed by atoms with Gasteiger partial charge < -0.3 is 0 Å². The van der Waals surface area contributed by atoms with Crippen molar-refractivity contribution in [1.29, 1.82) is 0 Å². The fraction of sp³-hybridized carbons (Fsp3) is 0.120. The number of hydrogen-bond acceptors (Lipinski definition) is 0. The van der Waals surface area contributed by atoms with Crippen molar-refractivity contribution in [2.24, 2.45) is 0 Å². The highest BCUT2D eigenvalue weighted by Crippen LogP contribution is 2.48. The number of hydrogen-bond donors (Lipinski definition) is 0. The van der Waals surface area contributed by atoms with Crippen LogP contribution in [-0.4, -0.2) is 24.2 Å². The van der Waals surface area contributed by atoms with Crippen LogP contribution in [0.4, 0.5) is 0 Å². The maximum atomic E-state index is 2.69. The molecule has 8 aromatic carbocycles. The monoisotopic (exact) mass is 726 g/mol. The highest BCUT2D eigenvalue weighted by Gasteiger charge is 2.53. The molecule has 0 bridgehead atoms. The summed E-state index contributed by atoms with van der Waals surface area (Å²) in [5, 5.41) is 15.4. The molecule has 11 rings (SSSR count). The van der Waals surface area contributed by atoms with Crippen LogP contribution in [0.2, 0.25) is 39.3 Å². The van der Waals surface area contributed by atoms with Crippen LogP contribution < -0.4 is 31.1 Å². The fourth-order valence-corrected chi connectivity index (χ4v) is 21.8. The molecule has 0 N–H and O–H groups in total. The Balaban J connectivity index is 1.37. The van der Waals surface area contributed by atoms with E-state index in [4.69, 9.17) is 0 Å². The molecule has 0 saturated carbocycles. The van der Waals surface area contributed by atoms with E-state index in [9.17, 15) is 0 Å². The van der Waals surface area contributed by atoms with Crippen molar-refractivity contribution in [3.8, 4) is 55.6 Å². The quantitative estimate of drug-likeness (QED) is 0.123. The molecule has 0 radical (unpaired) electrons. The van der Waals surface area contributed by atoms with Crippen LogP contribution in [0.3, 0.4) is 0 Å². The molecule has 3 aliphatic heterocycles. The van der Waals surface area contributed by atoms with E-state index in [0.717, 1.165) is 0 Å². The van der Waals surface area contributed by atoms with Gasteiger partial charge in [0, 0.05) is 0 Å². The molecule has 254 valence electrons. The summed E-state index contributed by atoms with van der Waals surface area (Å²) in [5.74, 6) is 0. The van der Waals surface area contributed by atoms with Gasteiger partial charge >= 0.3 is 0 Å². The second kappa shape index (κ2) is 10.5. The smallest absolute Gasteiger partial charge is 0.0623 e. The zero-order valence-electron chi connectivity index (χ0n) is 31.4. The first-order valence-corrected chi connectivity index (χ1v) is 28.2. The first-order chi connectivity index (χ1) is 25.6. The van der Waals surface area contributed by atoms with Crippen molar-refractivity contribution in [3.63, 3.8) is 0 Å². The van der Waals surface area contributed by atoms with Crippen molar-refractivity contribution in [2.45, 2.75) is 39.3 Å². The summed E-state index contributed by atoms with van der Waals surface area (Å²) >= 11 is 0. The van der Waals surface area contributed by atoms with Gasteiger partial charge in [0.2, 0.25) is 0 Å². The molecule has 0 atom stereocenters. The Hall–Kier alpha value is -5.07. The van der Waals surface area contributed by atoms with Crippen molar-refractivity contribution < 1.29 is 0 Å². The maximum absolute atomic E-state index is 2.69. The van der Waals surface area contributed by atoms with E-state index in [1.807, 2.05) is 0 Å². The molecule has 3 heterocycles. The van der Waals surface area contributed by atoms with E-state index in [2.05, 4.69) is 185 Å². The normalized spacial score (nSPS) is 16.2. The van der Waals surface area contributed by atoms with E-state index >= 15 is 0 Å². The van der Waals surface area contributed by atoms with E-state index in [-0.39, 0.29) is 0 Å². The van der Waals surface area contributed by atoms with Gasteiger partial charge in [-0.15, -0.1) is 0 Å². The Morgan fingerprint density at radius 2 is 0.642 bits per heavy atom. The Kier molecular flexibility index (Phi) is 6.25. The predicted octanol–water partition coefficient (Wildman–Crippen LogP) is 9.74. The Labute approximate surface area is 315 Å². The van der Waals surface area contributed by atoms with Crippen molar-refractivity contribution in [3.05, 3.63) is 146 Å². The van der Waals surface area contributed by atoms with Gasteiger partial charge in [-0.1, -0.05) is 179 Å². The fourth-order valence-electron chi connectivity index (χ4n) is 11.1. The summed E-state index contributed by atoms with van der Waals surface area (Å²) in [6, 6.07) is 55.9. The van der Waals surface area contributed by atoms with Gasteiger partial charge in [0.15, 0.2) is 0 Å². The second-order valence-electron chi connectivity index (χ2n) is 17.2. The molecule has 0 fully saturated rings. The van der Waals surface area contributed by atoms with Crippen LogP contribution in [-0.2, 0) is 0 Å². The third-order valence-corrected chi connectivity index (χ3v) is 23.9. The summed E-state index contributed by atoms with van der Waals surface area (Å²) in [6.45, 7) is 15.9. The zero-order chi connectivity index (χ0) is 36.0. The molecule has 8 aromatic rings. The maximum Gasteiger partial charge on any atom is 0.114 e. The number of fused-ring (bicyclic) bond motifs is 14. The molecule has 3 heteroatoms. The summed E-state index contributed by atoms with van der Waals surface area (Å²) in [6.07, 6.45) is 0. The molecule has 0 aliphatic carbocycles. The molecule has 0 nitrogen and oxygen atoms in total. The highest BCUT2D eigenvalue weighted by molar-refractivity contribution is 7.13. The van der Waals surface area contributed by atoms with Crippen LogP contribution in [0.5, 0.6) is 0 Å². The first kappa shape index (κ1) is 31.5. The predicted molar refractivity (Wildman–Crippen MR) is 239 cm³/mol. The third kappa shape index (κ3) is 3.90. The van der Waals surface area contributed by atoms with E-state index < -0.39 is 24.2 Å². The van der Waals surface area contributed by atoms with Gasteiger partial charge in [0.25, 0.3) is 0 Å². The van der Waals surface area contributed by atoms with Gasteiger partial charge in [0.05, 0.1) is 0 Å². The molecule has 0 spiro atoms. The van der Waals surface area contributed by atoms with Crippen molar-refractivity contribution >= 4 is 76.9 Å². The topological polar surface area (TPSA) is 0 Å². The largest absolute Gasteiger partial charge is 0.114 e. The molecular weight excluding hydrogens is 685 g/mol. The standard InChI is InChI=1S/C50H42Si3/c1-51(2)40-27-17-16-26-36(40)46-48(51)45-35-25-15-18-28-41(35)52(3,4)49(45)47-39-29-37-38(30-42(39)53(5,6)50(46)47)44(32-21-11-8-12-22-32)34-24-14-13-23-33(34)43(37)31-19-9-7-10-20-31/h7-30H,1-6H3. The van der Waals surface area contributed by atoms with Crippen LogP contribution in [0.1, 0.15) is 0 Å². The van der Waals surface area contributed by atoms with Gasteiger partial charge in [-0.3, -0.25) is 0 Å². The van der Waals surface area contributed by atoms with Crippen LogP contribution >= 0.6 is 0 Å². The molecular formula is C50H42Si3. The minimum Gasteiger partial charge on any atom is -0.0623 e. The highest BCUT2D eigenvalue weighted by atomic mass is 28.3. The number of rotatable bonds is 2. The lowest BCUT2D eigenvalue weighted by atomic mass is 9.84. The summed E-state index contributed by atoms with van der Waals surface area (Å²) in [7, 11) is -6.35. The molecule has 0 saturated heterocycles. The van der Waals surface area contributed by atoms with Crippen molar-refractivity contribution in [2.75, 3.05) is 0 Å². The number of benzene rings is 8. The Morgan fingerprint density at radius 1 is 0.283 bits per heavy atom. The SMILES string of the molecule is C[Si]1(C)c2ccccc2-c2c1c1c(c3c2[Si](C)(C)c2cc4c(-c5ccccc5)c5ccccc5c(-c5ccccc5)c4cc2-3)[Si](C)(C)c2ccccc2-1. The van der Waals surface area contributed by atoms with Gasteiger partial charge in [0.1, 0.15) is 24.2 Å². The summed E-state index contributed by atoms with van der Waals surface area (Å²) in [5.41, 5.74) is 14.6. The van der Waals surface area contributed by atoms with Crippen LogP contribution in [0.15, 0.2) is 146 Å². The molecule has 53 heavy (non-hydrogen) atoms. The zero-order valence-corrected chi connectivity index (χ0v) is 34.4. The van der Waals surface area contributed by atoms with Crippen molar-refractivity contribution in [1.82, 2.24) is 0 Å². The molecule has 0 aromatic heterocycles. The second-order valence-corrected chi connectivity index (χ2v) is 30.1. The Morgan fingerprint density at radius 3 is 1.11 bits per heavy atom. The lowest BCUT2D eigenvalue weighted by molar-refractivity contribution is 1.65. The molecule has 0 amide bonds. The van der Waals surface area contributed by atoms with Gasteiger partial charge in [-0.25, -0.2) is 0 Å². The third-order valence-electron chi connectivity index (χ3n) is 13.3. The summed E-state index contributed by atoms with van der Waals surface area (Å²) in [4.78, 5) is 0. The van der Waals surface area contributed by atoms with Gasteiger partial charge in [-0.05, 0) is 114 Å². The van der Waals surface area contributed by atoms with Crippen LogP contribution in [0, 0.1) is 0 Å². The lowest BCUT2D eigenvalue weighted by Crippen LogP contribution is -2.58. The van der Waals surface area contributed by atoms with Gasteiger partial charge in [-0.2, -0.15) is 0 Å². The van der Waals surface area contributed by atoms with E-state index in [1.54, 1.807) is 47.8 Å². The average molecular weight is 727 g/mol. The minimum atomic E-state index is -2.24. The Bertz CT molecular complexity index is 2900. The average Bonchev–Trinajstić information content (AvgIpc) is 3.66.